The van der Waals surface area contributed by atoms with Gasteiger partial charge in [0.2, 0.25) is 0 Å². The molecule has 0 bridgehead atoms. The van der Waals surface area contributed by atoms with Gasteiger partial charge in [0.25, 0.3) is 0 Å². The van der Waals surface area contributed by atoms with Crippen molar-refractivity contribution in [2.45, 2.75) is 19.4 Å². The lowest BCUT2D eigenvalue weighted by atomic mass is 9.96. The Bertz CT molecular complexity index is 554. The summed E-state index contributed by atoms with van der Waals surface area (Å²) in [6, 6.07) is 12.9. The molecule has 2 N–H and O–H groups in total. The maximum atomic E-state index is 13.7. The summed E-state index contributed by atoms with van der Waals surface area (Å²) in [6.07, 6.45) is 0.504. The van der Waals surface area contributed by atoms with Crippen LogP contribution in [0.5, 0.6) is 0 Å². The normalized spacial score (nSPS) is 12.4. The Morgan fingerprint density at radius 2 is 1.94 bits per heavy atom. The number of rotatable bonds is 3. The molecule has 0 aliphatic heterocycles. The molecule has 94 valence electrons. The van der Waals surface area contributed by atoms with Crippen molar-refractivity contribution in [1.82, 2.24) is 0 Å². The standard InChI is InChI=1S/C15H15BrFN/c1-10-4-2-3-5-13(10)15(18)8-11-6-7-12(16)9-14(11)17/h2-7,9,15H,8,18H2,1H3. The zero-order chi connectivity index (χ0) is 13.1. The van der Waals surface area contributed by atoms with Gasteiger partial charge < -0.3 is 5.73 Å². The molecule has 0 saturated heterocycles. The number of hydrogen-bond acceptors (Lipinski definition) is 1. The summed E-state index contributed by atoms with van der Waals surface area (Å²) >= 11 is 3.25. The average molecular weight is 308 g/mol. The molecule has 2 aromatic rings. The van der Waals surface area contributed by atoms with Crippen molar-refractivity contribution in [3.63, 3.8) is 0 Å². The largest absolute Gasteiger partial charge is 0.324 e. The van der Waals surface area contributed by atoms with E-state index in [1.807, 2.05) is 37.3 Å². The van der Waals surface area contributed by atoms with Crippen LogP contribution in [0.15, 0.2) is 46.9 Å². The highest BCUT2D eigenvalue weighted by Gasteiger charge is 2.12. The number of halogens is 2. The molecule has 0 heterocycles. The van der Waals surface area contributed by atoms with E-state index in [0.29, 0.717) is 12.0 Å². The van der Waals surface area contributed by atoms with Crippen molar-refractivity contribution >= 4 is 15.9 Å². The molecular weight excluding hydrogens is 293 g/mol. The second-order valence-corrected chi connectivity index (χ2v) is 5.32. The van der Waals surface area contributed by atoms with Crippen molar-refractivity contribution in [3.05, 3.63) is 69.4 Å². The van der Waals surface area contributed by atoms with E-state index in [0.717, 1.165) is 15.6 Å². The predicted molar refractivity (Wildman–Crippen MR) is 75.9 cm³/mol. The van der Waals surface area contributed by atoms with Crippen LogP contribution in [0.3, 0.4) is 0 Å². The van der Waals surface area contributed by atoms with Gasteiger partial charge >= 0.3 is 0 Å². The van der Waals surface area contributed by atoms with Gasteiger partial charge in [-0.3, -0.25) is 0 Å². The Hall–Kier alpha value is -1.19. The Morgan fingerprint density at radius 1 is 1.22 bits per heavy atom. The van der Waals surface area contributed by atoms with Gasteiger partial charge in [-0.1, -0.05) is 46.3 Å². The maximum Gasteiger partial charge on any atom is 0.127 e. The monoisotopic (exact) mass is 307 g/mol. The highest BCUT2D eigenvalue weighted by Crippen LogP contribution is 2.22. The fraction of sp³-hybridized carbons (Fsp3) is 0.200. The maximum absolute atomic E-state index is 13.7. The van der Waals surface area contributed by atoms with Crippen LogP contribution in [-0.4, -0.2) is 0 Å². The van der Waals surface area contributed by atoms with Crippen LogP contribution in [0.1, 0.15) is 22.7 Å². The first-order chi connectivity index (χ1) is 8.58. The number of hydrogen-bond donors (Lipinski definition) is 1. The van der Waals surface area contributed by atoms with E-state index < -0.39 is 0 Å². The molecule has 0 spiro atoms. The van der Waals surface area contributed by atoms with E-state index in [1.54, 1.807) is 6.07 Å². The molecule has 2 aromatic carbocycles. The molecule has 0 fully saturated rings. The minimum absolute atomic E-state index is 0.179. The van der Waals surface area contributed by atoms with Gasteiger partial charge in [0.15, 0.2) is 0 Å². The molecule has 1 nitrogen and oxygen atoms in total. The Kier molecular flexibility index (Phi) is 4.15. The quantitative estimate of drug-likeness (QED) is 0.906. The summed E-state index contributed by atoms with van der Waals surface area (Å²) in [4.78, 5) is 0. The van der Waals surface area contributed by atoms with Gasteiger partial charge in [-0.15, -0.1) is 0 Å². The third-order valence-corrected chi connectivity index (χ3v) is 3.54. The molecule has 0 saturated carbocycles. The van der Waals surface area contributed by atoms with Crippen molar-refractivity contribution in [2.75, 3.05) is 0 Å². The third kappa shape index (κ3) is 2.98. The Morgan fingerprint density at radius 3 is 2.61 bits per heavy atom. The van der Waals surface area contributed by atoms with Gasteiger partial charge in [0, 0.05) is 10.5 Å². The van der Waals surface area contributed by atoms with Crippen LogP contribution >= 0.6 is 15.9 Å². The van der Waals surface area contributed by atoms with Crippen LogP contribution in [0, 0.1) is 12.7 Å². The summed E-state index contributed by atoms with van der Waals surface area (Å²) in [5.74, 6) is -0.214. The summed E-state index contributed by atoms with van der Waals surface area (Å²) in [5, 5.41) is 0. The van der Waals surface area contributed by atoms with Crippen molar-refractivity contribution in [1.29, 1.82) is 0 Å². The van der Waals surface area contributed by atoms with Crippen LogP contribution < -0.4 is 5.73 Å². The molecule has 1 atom stereocenters. The number of nitrogens with two attached hydrogens (primary N) is 1. The topological polar surface area (TPSA) is 26.0 Å². The van der Waals surface area contributed by atoms with E-state index in [2.05, 4.69) is 15.9 Å². The number of benzene rings is 2. The van der Waals surface area contributed by atoms with Crippen molar-refractivity contribution < 1.29 is 4.39 Å². The van der Waals surface area contributed by atoms with Gasteiger partial charge in [-0.2, -0.15) is 0 Å². The molecule has 0 radical (unpaired) electrons. The van der Waals surface area contributed by atoms with Crippen LogP contribution in [-0.2, 0) is 6.42 Å². The van der Waals surface area contributed by atoms with Crippen LogP contribution in [0.25, 0.3) is 0 Å². The van der Waals surface area contributed by atoms with Crippen molar-refractivity contribution in [3.8, 4) is 0 Å². The summed E-state index contributed by atoms with van der Waals surface area (Å²) in [7, 11) is 0. The first-order valence-corrected chi connectivity index (χ1v) is 6.62. The fourth-order valence-corrected chi connectivity index (χ4v) is 2.37. The molecule has 2 rings (SSSR count). The summed E-state index contributed by atoms with van der Waals surface area (Å²) in [6.45, 7) is 2.02. The molecule has 0 amide bonds. The predicted octanol–water partition coefficient (Wildman–Crippen LogP) is 4.14. The highest BCUT2D eigenvalue weighted by molar-refractivity contribution is 9.10. The molecule has 0 aliphatic carbocycles. The average Bonchev–Trinajstić information content (AvgIpc) is 2.33. The smallest absolute Gasteiger partial charge is 0.127 e. The second-order valence-electron chi connectivity index (χ2n) is 4.40. The highest BCUT2D eigenvalue weighted by atomic mass is 79.9. The Labute approximate surface area is 115 Å². The van der Waals surface area contributed by atoms with E-state index in [1.165, 1.54) is 6.07 Å². The molecule has 3 heteroatoms. The van der Waals surface area contributed by atoms with E-state index in [4.69, 9.17) is 5.73 Å². The lowest BCUT2D eigenvalue weighted by Crippen LogP contribution is -2.15. The second kappa shape index (κ2) is 5.63. The minimum Gasteiger partial charge on any atom is -0.324 e. The molecule has 1 unspecified atom stereocenters. The van der Waals surface area contributed by atoms with E-state index >= 15 is 0 Å². The molecule has 0 aliphatic rings. The van der Waals surface area contributed by atoms with E-state index in [-0.39, 0.29) is 11.9 Å². The minimum atomic E-state index is -0.214. The van der Waals surface area contributed by atoms with Gasteiger partial charge in [0.05, 0.1) is 0 Å². The lowest BCUT2D eigenvalue weighted by Gasteiger charge is -2.15. The Balaban J connectivity index is 2.21. The van der Waals surface area contributed by atoms with Gasteiger partial charge in [-0.25, -0.2) is 4.39 Å². The van der Waals surface area contributed by atoms with E-state index in [9.17, 15) is 4.39 Å². The summed E-state index contributed by atoms with van der Waals surface area (Å²) in [5.41, 5.74) is 9.01. The lowest BCUT2D eigenvalue weighted by molar-refractivity contribution is 0.592. The van der Waals surface area contributed by atoms with Crippen LogP contribution in [0.2, 0.25) is 0 Å². The first-order valence-electron chi connectivity index (χ1n) is 5.83. The van der Waals surface area contributed by atoms with Gasteiger partial charge in [-0.05, 0) is 42.2 Å². The molecular formula is C15H15BrFN. The zero-order valence-electron chi connectivity index (χ0n) is 10.2. The van der Waals surface area contributed by atoms with Gasteiger partial charge in [0.1, 0.15) is 5.82 Å². The summed E-state index contributed by atoms with van der Waals surface area (Å²) < 4.78 is 14.5. The zero-order valence-corrected chi connectivity index (χ0v) is 11.7. The van der Waals surface area contributed by atoms with Crippen LogP contribution in [0.4, 0.5) is 4.39 Å². The molecule has 18 heavy (non-hydrogen) atoms. The first kappa shape index (κ1) is 13.2. The molecule has 0 aromatic heterocycles. The van der Waals surface area contributed by atoms with Crippen molar-refractivity contribution in [2.24, 2.45) is 5.73 Å². The third-order valence-electron chi connectivity index (χ3n) is 3.04. The SMILES string of the molecule is Cc1ccccc1C(N)Cc1ccc(Br)cc1F. The fourth-order valence-electron chi connectivity index (χ4n) is 2.04. The number of aryl methyl sites for hydroxylation is 1.